The second kappa shape index (κ2) is 10.8. The molecule has 0 saturated heterocycles. The molecule has 1 spiro atoms. The van der Waals surface area contributed by atoms with Crippen molar-refractivity contribution in [2.45, 2.75) is 12.3 Å². The Morgan fingerprint density at radius 3 is 1.98 bits per heavy atom. The van der Waals surface area contributed by atoms with E-state index < -0.39 is 5.41 Å². The average Bonchev–Trinajstić information content (AvgIpc) is 3.80. The normalized spacial score (nSPS) is 15.1. The summed E-state index contributed by atoms with van der Waals surface area (Å²) in [6.45, 7) is 6.94. The van der Waals surface area contributed by atoms with Crippen LogP contribution in [0.3, 0.4) is 0 Å². The van der Waals surface area contributed by atoms with Crippen molar-refractivity contribution in [3.8, 4) is 33.4 Å². The number of rotatable bonds is 5. The predicted molar refractivity (Wildman–Crippen MR) is 207 cm³/mol. The van der Waals surface area contributed by atoms with E-state index in [0.29, 0.717) is 0 Å². The predicted octanol–water partition coefficient (Wildman–Crippen LogP) is 12.6. The van der Waals surface area contributed by atoms with Gasteiger partial charge < -0.3 is 9.32 Å². The molecule has 236 valence electrons. The second-order valence-electron chi connectivity index (χ2n) is 13.4. The molecule has 1 aromatic heterocycles. The third kappa shape index (κ3) is 3.90. The van der Waals surface area contributed by atoms with Crippen molar-refractivity contribution in [3.05, 3.63) is 210 Å². The molecule has 0 bridgehead atoms. The van der Waals surface area contributed by atoms with Crippen molar-refractivity contribution in [1.82, 2.24) is 0 Å². The maximum absolute atomic E-state index is 6.91. The summed E-state index contributed by atoms with van der Waals surface area (Å²) in [6.07, 6.45) is 0. The quantitative estimate of drug-likeness (QED) is 0.186. The van der Waals surface area contributed by atoms with E-state index in [1.807, 2.05) is 0 Å². The van der Waals surface area contributed by atoms with Crippen molar-refractivity contribution in [3.63, 3.8) is 0 Å². The Kier molecular flexibility index (Phi) is 6.19. The number of nitrogens with zero attached hydrogens (tertiary/aromatic N) is 1. The summed E-state index contributed by atoms with van der Waals surface area (Å²) < 4.78 is 6.91. The maximum atomic E-state index is 6.91. The van der Waals surface area contributed by atoms with Crippen molar-refractivity contribution >= 4 is 28.0 Å². The van der Waals surface area contributed by atoms with Gasteiger partial charge in [-0.1, -0.05) is 146 Å². The highest BCUT2D eigenvalue weighted by Crippen LogP contribution is 2.64. The van der Waals surface area contributed by atoms with Crippen molar-refractivity contribution in [1.29, 1.82) is 0 Å². The van der Waals surface area contributed by atoms with Crippen LogP contribution in [0.15, 0.2) is 181 Å². The molecule has 0 N–H and O–H groups in total. The van der Waals surface area contributed by atoms with Crippen molar-refractivity contribution in [2.75, 3.05) is 4.90 Å². The first-order valence-electron chi connectivity index (χ1n) is 17.2. The third-order valence-corrected chi connectivity index (χ3v) is 10.8. The molecule has 1 unspecified atom stereocenters. The largest absolute Gasteiger partial charge is 0.459 e. The standard InChI is InChI=1S/C48H33NO/c1-31-14-6-12-22-44(31)49(36-27-24-34(25-28-36)33-15-4-3-5-16-33)32(2)35-26-29-43-40(30-35)37-17-7-10-20-41(37)48(43)42-21-11-8-18-38(42)46-39-19-9-13-23-45(39)50-47(46)48/h3-30H,2H2,1H3. The summed E-state index contributed by atoms with van der Waals surface area (Å²) in [7, 11) is 0. The van der Waals surface area contributed by atoms with Gasteiger partial charge in [0.1, 0.15) is 16.8 Å². The van der Waals surface area contributed by atoms with Gasteiger partial charge in [-0.25, -0.2) is 0 Å². The van der Waals surface area contributed by atoms with E-state index in [-0.39, 0.29) is 0 Å². The van der Waals surface area contributed by atoms with E-state index in [1.165, 1.54) is 55.6 Å². The minimum atomic E-state index is -0.542. The molecule has 2 heteroatoms. The van der Waals surface area contributed by atoms with E-state index in [2.05, 4.69) is 182 Å². The van der Waals surface area contributed by atoms with Gasteiger partial charge in [-0.3, -0.25) is 0 Å². The molecule has 50 heavy (non-hydrogen) atoms. The zero-order chi connectivity index (χ0) is 33.4. The Morgan fingerprint density at radius 2 is 1.18 bits per heavy atom. The molecule has 8 aromatic rings. The molecule has 1 atom stereocenters. The summed E-state index contributed by atoms with van der Waals surface area (Å²) in [4.78, 5) is 2.30. The Balaban J connectivity index is 1.16. The van der Waals surface area contributed by atoms with Gasteiger partial charge >= 0.3 is 0 Å². The fraction of sp³-hybridized carbons (Fsp3) is 0.0417. The number of aryl methyl sites for hydroxylation is 1. The highest BCUT2D eigenvalue weighted by Gasteiger charge is 2.54. The Hall–Kier alpha value is -6.38. The average molecular weight is 640 g/mol. The lowest BCUT2D eigenvalue weighted by Gasteiger charge is -2.30. The van der Waals surface area contributed by atoms with Crippen LogP contribution in [0.2, 0.25) is 0 Å². The van der Waals surface area contributed by atoms with E-state index >= 15 is 0 Å². The van der Waals surface area contributed by atoms with Gasteiger partial charge in [0.15, 0.2) is 0 Å². The van der Waals surface area contributed by atoms with Crippen LogP contribution in [0.1, 0.15) is 33.6 Å². The van der Waals surface area contributed by atoms with E-state index in [0.717, 1.165) is 39.4 Å². The van der Waals surface area contributed by atoms with Crippen LogP contribution >= 0.6 is 0 Å². The number of hydrogen-bond donors (Lipinski definition) is 0. The topological polar surface area (TPSA) is 16.4 Å². The molecule has 2 aliphatic rings. The summed E-state index contributed by atoms with van der Waals surface area (Å²) in [6, 6.07) is 61.0. The summed E-state index contributed by atoms with van der Waals surface area (Å²) in [5, 5.41) is 1.16. The van der Waals surface area contributed by atoms with E-state index in [1.54, 1.807) is 0 Å². The SMILES string of the molecule is C=C(c1ccc2c(c1)-c1ccccc1C21c2ccccc2-c2c1oc1ccccc21)N(c1ccc(-c2ccccc2)cc1)c1ccccc1C. The minimum absolute atomic E-state index is 0.542. The molecule has 0 radical (unpaired) electrons. The first-order chi connectivity index (χ1) is 24.6. The molecule has 10 rings (SSSR count). The van der Waals surface area contributed by atoms with E-state index in [9.17, 15) is 0 Å². The van der Waals surface area contributed by atoms with Crippen LogP contribution in [0, 0.1) is 6.92 Å². The zero-order valence-electron chi connectivity index (χ0n) is 27.7. The van der Waals surface area contributed by atoms with Crippen LogP contribution in [-0.4, -0.2) is 0 Å². The lowest BCUT2D eigenvalue weighted by molar-refractivity contribution is 0.506. The number of fused-ring (bicyclic) bond motifs is 12. The summed E-state index contributed by atoms with van der Waals surface area (Å²) in [5.74, 6) is 1.01. The van der Waals surface area contributed by atoms with Gasteiger partial charge in [-0.2, -0.15) is 0 Å². The minimum Gasteiger partial charge on any atom is -0.459 e. The summed E-state index contributed by atoms with van der Waals surface area (Å²) in [5.41, 5.74) is 16.8. The fourth-order valence-electron chi connectivity index (χ4n) is 8.54. The maximum Gasteiger partial charge on any atom is 0.135 e. The third-order valence-electron chi connectivity index (χ3n) is 10.8. The smallest absolute Gasteiger partial charge is 0.135 e. The van der Waals surface area contributed by atoms with Crippen LogP contribution in [0.5, 0.6) is 0 Å². The first-order valence-corrected chi connectivity index (χ1v) is 17.2. The van der Waals surface area contributed by atoms with Gasteiger partial charge in [-0.05, 0) is 92.9 Å². The second-order valence-corrected chi connectivity index (χ2v) is 13.4. The van der Waals surface area contributed by atoms with Gasteiger partial charge in [-0.15, -0.1) is 0 Å². The first kappa shape index (κ1) is 28.6. The molecule has 2 aliphatic carbocycles. The molecule has 7 aromatic carbocycles. The number of anilines is 2. The highest BCUT2D eigenvalue weighted by atomic mass is 16.3. The Bertz CT molecular complexity index is 2630. The van der Waals surface area contributed by atoms with Crippen LogP contribution in [-0.2, 0) is 5.41 Å². The van der Waals surface area contributed by atoms with Crippen LogP contribution in [0.4, 0.5) is 11.4 Å². The Morgan fingerprint density at radius 1 is 0.560 bits per heavy atom. The lowest BCUT2D eigenvalue weighted by Crippen LogP contribution is -2.25. The Labute approximate surface area is 292 Å². The number of hydrogen-bond acceptors (Lipinski definition) is 2. The monoisotopic (exact) mass is 639 g/mol. The molecular weight excluding hydrogens is 607 g/mol. The number of para-hydroxylation sites is 2. The van der Waals surface area contributed by atoms with Crippen LogP contribution < -0.4 is 4.90 Å². The van der Waals surface area contributed by atoms with Crippen molar-refractivity contribution in [2.24, 2.45) is 0 Å². The van der Waals surface area contributed by atoms with Gasteiger partial charge in [0.05, 0.1) is 0 Å². The molecule has 1 heterocycles. The molecule has 0 saturated carbocycles. The molecule has 0 fully saturated rings. The molecular formula is C48H33NO. The summed E-state index contributed by atoms with van der Waals surface area (Å²) >= 11 is 0. The van der Waals surface area contributed by atoms with Crippen molar-refractivity contribution < 1.29 is 4.42 Å². The van der Waals surface area contributed by atoms with E-state index in [4.69, 9.17) is 11.0 Å². The number of furan rings is 1. The molecule has 0 amide bonds. The van der Waals surface area contributed by atoms with Gasteiger partial charge in [0, 0.05) is 28.0 Å². The van der Waals surface area contributed by atoms with Crippen LogP contribution in [0.25, 0.3) is 50.0 Å². The molecule has 0 aliphatic heterocycles. The van der Waals surface area contributed by atoms with Gasteiger partial charge in [0.2, 0.25) is 0 Å². The molecule has 2 nitrogen and oxygen atoms in total. The highest BCUT2D eigenvalue weighted by molar-refractivity contribution is 6.05. The number of benzene rings is 7. The zero-order valence-corrected chi connectivity index (χ0v) is 27.7. The lowest BCUT2D eigenvalue weighted by atomic mass is 9.73. The van der Waals surface area contributed by atoms with Gasteiger partial charge in [0.25, 0.3) is 0 Å². The fourth-order valence-corrected chi connectivity index (χ4v) is 8.54.